The lowest BCUT2D eigenvalue weighted by Crippen LogP contribution is -2.23. The van der Waals surface area contributed by atoms with Crippen molar-refractivity contribution >= 4 is 17.7 Å². The van der Waals surface area contributed by atoms with Gasteiger partial charge in [0.1, 0.15) is 0 Å². The Kier molecular flexibility index (Phi) is 4.34. The molecule has 2 rings (SSSR count). The number of anilines is 1. The highest BCUT2D eigenvalue weighted by atomic mass is 16.1. The summed E-state index contributed by atoms with van der Waals surface area (Å²) >= 11 is 0. The number of nitrogens with zero attached hydrogens (tertiary/aromatic N) is 1. The summed E-state index contributed by atoms with van der Waals surface area (Å²) in [6, 6.07) is 7.37. The Morgan fingerprint density at radius 2 is 2.37 bits per heavy atom. The van der Waals surface area contributed by atoms with Gasteiger partial charge in [0, 0.05) is 36.6 Å². The molecule has 0 unspecified atom stereocenters. The number of nitrogens with one attached hydrogen (secondary N) is 2. The van der Waals surface area contributed by atoms with Gasteiger partial charge in [-0.3, -0.25) is 4.79 Å². The van der Waals surface area contributed by atoms with Crippen LogP contribution in [0.4, 0.5) is 5.69 Å². The fourth-order valence-electron chi connectivity index (χ4n) is 1.64. The number of hydrogen-bond donors (Lipinski definition) is 3. The molecule has 0 aliphatic heterocycles. The number of nitrogens with two attached hydrogens (primary N) is 1. The molecule has 0 aliphatic rings. The molecule has 0 saturated carbocycles. The summed E-state index contributed by atoms with van der Waals surface area (Å²) in [6.07, 6.45) is 7.34. The number of H-pyrrole nitrogens is 1. The first-order chi connectivity index (χ1) is 9.24. The van der Waals surface area contributed by atoms with Crippen LogP contribution in [0, 0.1) is 0 Å². The lowest BCUT2D eigenvalue weighted by molar-refractivity contribution is -0.116. The molecule has 4 N–H and O–H groups in total. The number of nitrogen functional groups attached to an aromatic ring is 1. The van der Waals surface area contributed by atoms with Crippen LogP contribution < -0.4 is 11.1 Å². The molecule has 19 heavy (non-hydrogen) atoms. The minimum Gasteiger partial charge on any atom is -0.399 e. The van der Waals surface area contributed by atoms with Crippen molar-refractivity contribution in [1.82, 2.24) is 15.3 Å². The molecular formula is C14H16N4O. The molecule has 0 aliphatic carbocycles. The molecule has 0 atom stereocenters. The van der Waals surface area contributed by atoms with Crippen molar-refractivity contribution in [2.45, 2.75) is 6.42 Å². The molecule has 1 aromatic heterocycles. The minimum atomic E-state index is -0.123. The molecule has 0 radical (unpaired) electrons. The highest BCUT2D eigenvalue weighted by Crippen LogP contribution is 2.07. The fourth-order valence-corrected chi connectivity index (χ4v) is 1.64. The van der Waals surface area contributed by atoms with Crippen molar-refractivity contribution in [3.05, 3.63) is 54.1 Å². The highest BCUT2D eigenvalue weighted by molar-refractivity contribution is 5.91. The van der Waals surface area contributed by atoms with E-state index >= 15 is 0 Å². The monoisotopic (exact) mass is 256 g/mol. The van der Waals surface area contributed by atoms with E-state index in [1.54, 1.807) is 18.6 Å². The first-order valence-corrected chi connectivity index (χ1v) is 6.03. The second-order valence-corrected chi connectivity index (χ2v) is 4.12. The maximum atomic E-state index is 11.6. The third-order valence-corrected chi connectivity index (χ3v) is 2.59. The Bertz CT molecular complexity index is 561. The molecular weight excluding hydrogens is 240 g/mol. The van der Waals surface area contributed by atoms with Gasteiger partial charge in [-0.05, 0) is 23.8 Å². The number of aromatic amines is 1. The first kappa shape index (κ1) is 12.9. The van der Waals surface area contributed by atoms with E-state index < -0.39 is 0 Å². The maximum Gasteiger partial charge on any atom is 0.244 e. The summed E-state index contributed by atoms with van der Waals surface area (Å²) in [4.78, 5) is 18.5. The second-order valence-electron chi connectivity index (χ2n) is 4.12. The number of carbonyl (C=O) groups is 1. The normalized spacial score (nSPS) is 10.7. The standard InChI is InChI=1S/C14H16N4O/c15-12-3-1-2-11(8-12)4-5-14(19)17-7-6-13-9-16-10-18-13/h1-5,8-10H,6-7,15H2,(H,16,18)(H,17,19)/b5-4+. The lowest BCUT2D eigenvalue weighted by Gasteiger charge is -2.00. The van der Waals surface area contributed by atoms with Crippen LogP contribution in [0.15, 0.2) is 42.9 Å². The summed E-state index contributed by atoms with van der Waals surface area (Å²) in [5, 5.41) is 2.80. The van der Waals surface area contributed by atoms with E-state index in [9.17, 15) is 4.79 Å². The topological polar surface area (TPSA) is 83.8 Å². The van der Waals surface area contributed by atoms with Crippen LogP contribution >= 0.6 is 0 Å². The number of imidazole rings is 1. The van der Waals surface area contributed by atoms with E-state index in [1.165, 1.54) is 6.08 Å². The summed E-state index contributed by atoms with van der Waals surface area (Å²) in [5.74, 6) is -0.123. The van der Waals surface area contributed by atoms with Crippen LogP contribution in [0.1, 0.15) is 11.3 Å². The van der Waals surface area contributed by atoms with Gasteiger partial charge >= 0.3 is 0 Å². The summed E-state index contributed by atoms with van der Waals surface area (Å²) in [6.45, 7) is 0.572. The Hall–Kier alpha value is -2.56. The summed E-state index contributed by atoms with van der Waals surface area (Å²) in [7, 11) is 0. The molecule has 0 bridgehead atoms. The number of benzene rings is 1. The zero-order valence-corrected chi connectivity index (χ0v) is 10.5. The van der Waals surface area contributed by atoms with E-state index in [1.807, 2.05) is 24.3 Å². The molecule has 0 spiro atoms. The van der Waals surface area contributed by atoms with E-state index in [4.69, 9.17) is 5.73 Å². The number of rotatable bonds is 5. The highest BCUT2D eigenvalue weighted by Gasteiger charge is 1.97. The molecule has 98 valence electrons. The molecule has 2 aromatic rings. The predicted molar refractivity (Wildman–Crippen MR) is 75.2 cm³/mol. The van der Waals surface area contributed by atoms with Crippen LogP contribution in [0.3, 0.4) is 0 Å². The van der Waals surface area contributed by atoms with Crippen molar-refractivity contribution in [2.24, 2.45) is 0 Å². The Morgan fingerprint density at radius 3 is 3.11 bits per heavy atom. The third kappa shape index (κ3) is 4.31. The average Bonchev–Trinajstić information content (AvgIpc) is 2.90. The van der Waals surface area contributed by atoms with Gasteiger partial charge < -0.3 is 16.0 Å². The smallest absolute Gasteiger partial charge is 0.244 e. The lowest BCUT2D eigenvalue weighted by atomic mass is 10.2. The summed E-state index contributed by atoms with van der Waals surface area (Å²) in [5.41, 5.74) is 8.24. The van der Waals surface area contributed by atoms with Crippen LogP contribution in [0.5, 0.6) is 0 Å². The second kappa shape index (κ2) is 6.39. The molecule has 1 aromatic carbocycles. The molecule has 0 saturated heterocycles. The zero-order chi connectivity index (χ0) is 13.5. The van der Waals surface area contributed by atoms with Crippen LogP contribution in [-0.4, -0.2) is 22.4 Å². The number of carbonyl (C=O) groups excluding carboxylic acids is 1. The Labute approximate surface area is 111 Å². The van der Waals surface area contributed by atoms with Crippen molar-refractivity contribution in [1.29, 1.82) is 0 Å². The minimum absolute atomic E-state index is 0.123. The third-order valence-electron chi connectivity index (χ3n) is 2.59. The molecule has 0 fully saturated rings. The van der Waals surface area contributed by atoms with E-state index in [0.29, 0.717) is 12.2 Å². The quantitative estimate of drug-likeness (QED) is 0.558. The fraction of sp³-hybridized carbons (Fsp3) is 0.143. The van der Waals surface area contributed by atoms with Crippen molar-refractivity contribution in [2.75, 3.05) is 12.3 Å². The SMILES string of the molecule is Nc1cccc(/C=C/C(=O)NCCc2cnc[nH]2)c1. The number of amides is 1. The molecule has 5 heteroatoms. The summed E-state index contributed by atoms with van der Waals surface area (Å²) < 4.78 is 0. The van der Waals surface area contributed by atoms with E-state index in [2.05, 4.69) is 15.3 Å². The van der Waals surface area contributed by atoms with Crippen LogP contribution in [-0.2, 0) is 11.2 Å². The van der Waals surface area contributed by atoms with Crippen LogP contribution in [0.25, 0.3) is 6.08 Å². The largest absolute Gasteiger partial charge is 0.399 e. The van der Waals surface area contributed by atoms with Crippen molar-refractivity contribution in [3.8, 4) is 0 Å². The van der Waals surface area contributed by atoms with Gasteiger partial charge in [0.15, 0.2) is 0 Å². The first-order valence-electron chi connectivity index (χ1n) is 6.03. The Morgan fingerprint density at radius 1 is 1.47 bits per heavy atom. The number of aromatic nitrogens is 2. The molecule has 1 heterocycles. The molecule has 1 amide bonds. The van der Waals surface area contributed by atoms with Gasteiger partial charge in [0.05, 0.1) is 6.33 Å². The zero-order valence-electron chi connectivity index (χ0n) is 10.5. The van der Waals surface area contributed by atoms with E-state index in [0.717, 1.165) is 17.7 Å². The predicted octanol–water partition coefficient (Wildman–Crippen LogP) is 1.36. The van der Waals surface area contributed by atoms with Gasteiger partial charge in [-0.25, -0.2) is 4.98 Å². The molecule has 5 nitrogen and oxygen atoms in total. The van der Waals surface area contributed by atoms with Gasteiger partial charge in [-0.1, -0.05) is 12.1 Å². The van der Waals surface area contributed by atoms with Gasteiger partial charge in [0.25, 0.3) is 0 Å². The van der Waals surface area contributed by atoms with Gasteiger partial charge in [-0.15, -0.1) is 0 Å². The van der Waals surface area contributed by atoms with Crippen LogP contribution in [0.2, 0.25) is 0 Å². The average molecular weight is 256 g/mol. The van der Waals surface area contributed by atoms with E-state index in [-0.39, 0.29) is 5.91 Å². The number of hydrogen-bond acceptors (Lipinski definition) is 3. The van der Waals surface area contributed by atoms with Gasteiger partial charge in [-0.2, -0.15) is 0 Å². The maximum absolute atomic E-state index is 11.6. The van der Waals surface area contributed by atoms with Crippen molar-refractivity contribution < 1.29 is 4.79 Å². The van der Waals surface area contributed by atoms with Gasteiger partial charge in [0.2, 0.25) is 5.91 Å². The Balaban J connectivity index is 1.78. The van der Waals surface area contributed by atoms with Crippen molar-refractivity contribution in [3.63, 3.8) is 0 Å².